The molecule has 8 fully saturated rings. The molecule has 3 aromatic carbocycles. The molecule has 13 rings (SSSR count). The summed E-state index contributed by atoms with van der Waals surface area (Å²) in [6, 6.07) is 31.7. The van der Waals surface area contributed by atoms with E-state index in [-0.39, 0.29) is 5.16 Å². The maximum Gasteiger partial charge on any atom is 0.158 e. The average Bonchev–Trinajstić information content (AvgIpc) is 3.19. The molecule has 0 amide bonds. The Kier molecular flexibility index (Phi) is 8.26. The van der Waals surface area contributed by atoms with Crippen LogP contribution in [0.3, 0.4) is 0 Å². The van der Waals surface area contributed by atoms with Crippen molar-refractivity contribution in [3.05, 3.63) is 121 Å². The fraction of sp³-hybridized carbons (Fsp3) is 0.458. The van der Waals surface area contributed by atoms with E-state index >= 15 is 0 Å². The Morgan fingerprint density at radius 3 is 1.28 bits per heavy atom. The van der Waals surface area contributed by atoms with E-state index in [2.05, 4.69) is 82.0 Å². The first-order valence-corrected chi connectivity index (χ1v) is 23.0. The van der Waals surface area contributed by atoms with E-state index in [9.17, 15) is 0 Å². The van der Waals surface area contributed by atoms with Crippen molar-refractivity contribution in [3.63, 3.8) is 0 Å². The Hall–Kier alpha value is -3.32. The summed E-state index contributed by atoms with van der Waals surface area (Å²) in [7, 11) is 2.83. The number of rotatable bonds is 9. The summed E-state index contributed by atoms with van der Waals surface area (Å²) in [6.07, 6.45) is 25.7. The van der Waals surface area contributed by atoms with Crippen LogP contribution in [0.2, 0.25) is 0 Å². The quantitative estimate of drug-likeness (QED) is 0.141. The second kappa shape index (κ2) is 13.1. The van der Waals surface area contributed by atoms with Crippen LogP contribution in [0, 0.1) is 46.3 Å². The molecule has 4 nitrogen and oxygen atoms in total. The van der Waals surface area contributed by atoms with Gasteiger partial charge in [0.2, 0.25) is 0 Å². The molecule has 2 aromatic heterocycles. The zero-order valence-corrected chi connectivity index (χ0v) is 33.4. The summed E-state index contributed by atoms with van der Waals surface area (Å²) < 4.78 is 0. The van der Waals surface area contributed by atoms with Crippen LogP contribution in [-0.2, 0) is 11.3 Å². The van der Waals surface area contributed by atoms with Crippen molar-refractivity contribution in [2.75, 3.05) is 0 Å². The fourth-order valence-electron chi connectivity index (χ4n) is 14.4. The van der Waals surface area contributed by atoms with Gasteiger partial charge in [0, 0.05) is 44.0 Å². The van der Waals surface area contributed by atoms with E-state index < -0.39 is 7.92 Å². The monoisotopic (exact) mass is 746 g/mol. The molecule has 1 atom stereocenters. The van der Waals surface area contributed by atoms with E-state index in [0.29, 0.717) is 10.8 Å². The van der Waals surface area contributed by atoms with E-state index in [0.717, 1.165) is 52.8 Å². The highest BCUT2D eigenvalue weighted by atomic mass is 31.1. The molecule has 8 saturated carbocycles. The lowest BCUT2D eigenvalue weighted by molar-refractivity contribution is -0.158. The first kappa shape index (κ1) is 34.0. The minimum atomic E-state index is -1.06. The molecule has 54 heavy (non-hydrogen) atoms. The average molecular weight is 747 g/mol. The third-order valence-electron chi connectivity index (χ3n) is 15.5. The second-order valence-corrected chi connectivity index (χ2v) is 21.5. The van der Waals surface area contributed by atoms with E-state index in [1.54, 1.807) is 5.56 Å². The molecule has 0 spiro atoms. The van der Waals surface area contributed by atoms with Crippen molar-refractivity contribution in [2.45, 2.75) is 88.4 Å². The van der Waals surface area contributed by atoms with Crippen LogP contribution >= 0.6 is 17.2 Å². The van der Waals surface area contributed by atoms with Crippen LogP contribution in [0.15, 0.2) is 110 Å². The van der Waals surface area contributed by atoms with Gasteiger partial charge in [-0.25, -0.2) is 19.9 Å². The first-order chi connectivity index (χ1) is 26.5. The highest BCUT2D eigenvalue weighted by Crippen LogP contribution is 2.78. The Balaban J connectivity index is 1.20. The normalized spacial score (nSPS) is 32.9. The number of hydrogen-bond acceptors (Lipinski definition) is 4. The number of aromatic nitrogens is 4. The summed E-state index contributed by atoms with van der Waals surface area (Å²) in [6.45, 7) is 0. The zero-order chi connectivity index (χ0) is 35.9. The standard InChI is InChI=1S/C48H52N4P2/c53-48(46-25-32-17-33(26-46)19-34(18-32)27-46,47-28-35-20-36(29-47)22-37(21-35)30-47)43-24-42(39-11-5-2-6-12-39)41(38-9-3-1-4-10-38)23-40(43)31-54(44-49-13-7-14-50-44)45-51-15-8-16-52-45/h1-16,23-24,32-37H,17-22,25-31,53H2. The highest BCUT2D eigenvalue weighted by Gasteiger charge is 2.69. The first-order valence-electron chi connectivity index (χ1n) is 20.9. The van der Waals surface area contributed by atoms with Crippen molar-refractivity contribution in [1.29, 1.82) is 0 Å². The smallest absolute Gasteiger partial charge is 0.158 e. The molecule has 8 aliphatic carbocycles. The van der Waals surface area contributed by atoms with Crippen molar-refractivity contribution in [2.24, 2.45) is 46.3 Å². The predicted octanol–water partition coefficient (Wildman–Crippen LogP) is 10.7. The summed E-state index contributed by atoms with van der Waals surface area (Å²) in [5.74, 6) is 5.32. The lowest BCUT2D eigenvalue weighted by Gasteiger charge is -2.72. The molecule has 8 bridgehead atoms. The molecule has 0 radical (unpaired) electrons. The molecule has 0 N–H and O–H groups in total. The molecule has 274 valence electrons. The lowest BCUT2D eigenvalue weighted by Crippen LogP contribution is -2.64. The minimum Gasteiger partial charge on any atom is -0.237 e. The van der Waals surface area contributed by atoms with Gasteiger partial charge >= 0.3 is 0 Å². The van der Waals surface area contributed by atoms with E-state index in [1.807, 2.05) is 36.9 Å². The van der Waals surface area contributed by atoms with Crippen molar-refractivity contribution in [3.8, 4) is 22.3 Å². The van der Waals surface area contributed by atoms with E-state index in [4.69, 9.17) is 19.9 Å². The Bertz CT molecular complexity index is 1990. The van der Waals surface area contributed by atoms with Crippen molar-refractivity contribution in [1.82, 2.24) is 19.9 Å². The van der Waals surface area contributed by atoms with Gasteiger partial charge in [-0.2, -0.15) is 0 Å². The highest BCUT2D eigenvalue weighted by molar-refractivity contribution is 7.71. The van der Waals surface area contributed by atoms with Crippen LogP contribution in [0.5, 0.6) is 0 Å². The van der Waals surface area contributed by atoms with Gasteiger partial charge in [0.1, 0.15) is 0 Å². The van der Waals surface area contributed by atoms with Crippen LogP contribution in [0.1, 0.15) is 88.2 Å². The van der Waals surface area contributed by atoms with Gasteiger partial charge < -0.3 is 0 Å². The van der Waals surface area contributed by atoms with Crippen LogP contribution in [-0.4, -0.2) is 19.9 Å². The topological polar surface area (TPSA) is 51.6 Å². The summed E-state index contributed by atoms with van der Waals surface area (Å²) in [5, 5.41) is -0.0177. The molecule has 6 heteroatoms. The molecule has 2 heterocycles. The Labute approximate surface area is 324 Å². The van der Waals surface area contributed by atoms with Gasteiger partial charge in [-0.1, -0.05) is 60.7 Å². The second-order valence-electron chi connectivity index (χ2n) is 18.7. The summed E-state index contributed by atoms with van der Waals surface area (Å²) >= 11 is 0. The van der Waals surface area contributed by atoms with Gasteiger partial charge in [-0.3, -0.25) is 0 Å². The molecule has 0 saturated heterocycles. The SMILES string of the molecule is PC(c1cc(-c2ccccc2)c(-c2ccccc2)cc1CP(c1ncccn1)c1ncccn1)(C12CC3CC(CC(C3)C1)C2)C12CC3CC(CC(C3)C1)C2. The molecular weight excluding hydrogens is 695 g/mol. The van der Waals surface area contributed by atoms with Gasteiger partial charge in [-0.05, 0) is 181 Å². The van der Waals surface area contributed by atoms with Crippen LogP contribution in [0.25, 0.3) is 22.3 Å². The van der Waals surface area contributed by atoms with Gasteiger partial charge in [-0.15, -0.1) is 9.24 Å². The molecule has 0 aliphatic heterocycles. The van der Waals surface area contributed by atoms with Crippen LogP contribution < -0.4 is 11.1 Å². The predicted molar refractivity (Wildman–Crippen MR) is 224 cm³/mol. The maximum atomic E-state index is 4.93. The molecule has 5 aromatic rings. The van der Waals surface area contributed by atoms with Crippen molar-refractivity contribution < 1.29 is 0 Å². The molecule has 8 aliphatic rings. The molecule has 1 unspecified atom stereocenters. The fourth-order valence-corrected chi connectivity index (χ4v) is 17.3. The minimum absolute atomic E-state index is 0.0177. The summed E-state index contributed by atoms with van der Waals surface area (Å²) in [4.78, 5) is 19.7. The number of benzene rings is 3. The van der Waals surface area contributed by atoms with Gasteiger partial charge in [0.25, 0.3) is 0 Å². The number of nitrogens with zero attached hydrogens (tertiary/aromatic N) is 4. The Morgan fingerprint density at radius 1 is 0.519 bits per heavy atom. The zero-order valence-electron chi connectivity index (χ0n) is 31.4. The summed E-state index contributed by atoms with van der Waals surface area (Å²) in [5.41, 5.74) is 10.7. The third kappa shape index (κ3) is 5.44. The van der Waals surface area contributed by atoms with Gasteiger partial charge in [0.05, 0.1) is 0 Å². The number of hydrogen-bond donors (Lipinski definition) is 0. The van der Waals surface area contributed by atoms with Crippen molar-refractivity contribution >= 4 is 28.3 Å². The van der Waals surface area contributed by atoms with Gasteiger partial charge in [0.15, 0.2) is 11.1 Å². The van der Waals surface area contributed by atoms with Crippen LogP contribution in [0.4, 0.5) is 0 Å². The Morgan fingerprint density at radius 2 is 0.889 bits per heavy atom. The maximum absolute atomic E-state index is 4.93. The van der Waals surface area contributed by atoms with E-state index in [1.165, 1.54) is 105 Å². The lowest BCUT2D eigenvalue weighted by atomic mass is 9.37. The largest absolute Gasteiger partial charge is 0.237 e. The third-order valence-corrected chi connectivity index (χ3v) is 19.1. The molecular formula is C48H52N4P2.